The Kier molecular flexibility index (Phi) is 6.82. The zero-order valence-corrected chi connectivity index (χ0v) is 18.6. The van der Waals surface area contributed by atoms with Crippen molar-refractivity contribution in [1.82, 2.24) is 20.0 Å². The Hall–Kier alpha value is -2.92. The first-order chi connectivity index (χ1) is 15.2. The van der Waals surface area contributed by atoms with Crippen molar-refractivity contribution in [3.8, 4) is 16.9 Å². The highest BCUT2D eigenvalue weighted by atomic mass is 16.1. The van der Waals surface area contributed by atoms with Gasteiger partial charge in [0.2, 0.25) is 0 Å². The maximum atomic E-state index is 13.3. The average Bonchev–Trinajstić information content (AvgIpc) is 3.25. The minimum Gasteiger partial charge on any atom is -0.349 e. The number of carbonyl (C=O) groups excluding carboxylic acids is 1. The molecule has 0 unspecified atom stereocenters. The number of carbonyl (C=O) groups is 1. The molecule has 0 spiro atoms. The van der Waals surface area contributed by atoms with Crippen molar-refractivity contribution in [3.63, 3.8) is 0 Å². The summed E-state index contributed by atoms with van der Waals surface area (Å²) in [5, 5.41) is 8.11. The van der Waals surface area contributed by atoms with E-state index in [0.717, 1.165) is 48.4 Å². The summed E-state index contributed by atoms with van der Waals surface area (Å²) >= 11 is 0. The molecule has 0 bridgehead atoms. The molecule has 1 saturated heterocycles. The number of hydrogen-bond acceptors (Lipinski definition) is 3. The van der Waals surface area contributed by atoms with Gasteiger partial charge in [-0.15, -0.1) is 0 Å². The highest BCUT2D eigenvalue weighted by Gasteiger charge is 2.24. The number of amides is 1. The molecule has 0 radical (unpaired) electrons. The van der Waals surface area contributed by atoms with Gasteiger partial charge in [-0.1, -0.05) is 55.8 Å². The SMILES string of the molecule is CCCCN1CCC(NC(=O)c2cn(-c3ccccc3)nc2-c2ccccc2C)CC1. The van der Waals surface area contributed by atoms with E-state index in [9.17, 15) is 4.79 Å². The van der Waals surface area contributed by atoms with Crippen molar-refractivity contribution in [2.45, 2.75) is 45.6 Å². The molecule has 1 N–H and O–H groups in total. The van der Waals surface area contributed by atoms with Crippen LogP contribution in [0.1, 0.15) is 48.5 Å². The van der Waals surface area contributed by atoms with Crippen molar-refractivity contribution in [2.75, 3.05) is 19.6 Å². The summed E-state index contributed by atoms with van der Waals surface area (Å²) in [7, 11) is 0. The summed E-state index contributed by atoms with van der Waals surface area (Å²) in [6, 6.07) is 18.3. The Morgan fingerprint density at radius 1 is 1.06 bits per heavy atom. The summed E-state index contributed by atoms with van der Waals surface area (Å²) in [6.07, 6.45) is 6.34. The van der Waals surface area contributed by atoms with E-state index in [1.807, 2.05) is 59.4 Å². The quantitative estimate of drug-likeness (QED) is 0.599. The number of para-hydroxylation sites is 1. The molecule has 31 heavy (non-hydrogen) atoms. The highest BCUT2D eigenvalue weighted by Crippen LogP contribution is 2.27. The molecule has 4 rings (SSSR count). The topological polar surface area (TPSA) is 50.2 Å². The maximum Gasteiger partial charge on any atom is 0.255 e. The van der Waals surface area contributed by atoms with Crippen LogP contribution in [0.3, 0.4) is 0 Å². The Bertz CT molecular complexity index is 1000. The second-order valence-electron chi connectivity index (χ2n) is 8.43. The van der Waals surface area contributed by atoms with Crippen molar-refractivity contribution < 1.29 is 4.79 Å². The van der Waals surface area contributed by atoms with Gasteiger partial charge in [0.15, 0.2) is 0 Å². The van der Waals surface area contributed by atoms with E-state index in [4.69, 9.17) is 5.10 Å². The number of nitrogens with zero attached hydrogens (tertiary/aromatic N) is 3. The Balaban J connectivity index is 1.56. The monoisotopic (exact) mass is 416 g/mol. The third-order valence-electron chi connectivity index (χ3n) is 6.13. The fourth-order valence-electron chi connectivity index (χ4n) is 4.24. The van der Waals surface area contributed by atoms with Crippen LogP contribution in [0.25, 0.3) is 16.9 Å². The second-order valence-corrected chi connectivity index (χ2v) is 8.43. The number of nitrogens with one attached hydrogen (secondary N) is 1. The number of hydrogen-bond donors (Lipinski definition) is 1. The lowest BCUT2D eigenvalue weighted by Gasteiger charge is -2.32. The van der Waals surface area contributed by atoms with Gasteiger partial charge in [0.05, 0.1) is 11.3 Å². The molecule has 0 atom stereocenters. The van der Waals surface area contributed by atoms with Gasteiger partial charge in [0, 0.05) is 30.9 Å². The van der Waals surface area contributed by atoms with Gasteiger partial charge in [-0.05, 0) is 50.4 Å². The number of unbranched alkanes of at least 4 members (excludes halogenated alkanes) is 1. The molecule has 1 aliphatic heterocycles. The van der Waals surface area contributed by atoms with E-state index < -0.39 is 0 Å². The van der Waals surface area contributed by atoms with Crippen LogP contribution in [0.4, 0.5) is 0 Å². The second kappa shape index (κ2) is 9.92. The van der Waals surface area contributed by atoms with Gasteiger partial charge in [-0.3, -0.25) is 4.79 Å². The van der Waals surface area contributed by atoms with Crippen molar-refractivity contribution >= 4 is 5.91 Å². The zero-order valence-electron chi connectivity index (χ0n) is 18.6. The van der Waals surface area contributed by atoms with Crippen LogP contribution in [0.2, 0.25) is 0 Å². The zero-order chi connectivity index (χ0) is 21.6. The van der Waals surface area contributed by atoms with Gasteiger partial charge >= 0.3 is 0 Å². The van der Waals surface area contributed by atoms with E-state index in [1.165, 1.54) is 19.4 Å². The summed E-state index contributed by atoms with van der Waals surface area (Å²) in [4.78, 5) is 15.9. The third-order valence-corrected chi connectivity index (χ3v) is 6.13. The number of aryl methyl sites for hydroxylation is 1. The fraction of sp³-hybridized carbons (Fsp3) is 0.385. The standard InChI is InChI=1S/C26H32N4O/c1-3-4-16-29-17-14-21(15-18-29)27-26(31)24-19-30(22-11-6-5-7-12-22)28-25(24)23-13-9-8-10-20(23)2/h5-13,19,21H,3-4,14-18H2,1-2H3,(H,27,31). The molecule has 0 saturated carbocycles. The minimum atomic E-state index is -0.0348. The molecule has 5 nitrogen and oxygen atoms in total. The molecule has 1 fully saturated rings. The van der Waals surface area contributed by atoms with Crippen LogP contribution in [-0.4, -0.2) is 46.3 Å². The van der Waals surface area contributed by atoms with Gasteiger partial charge in [-0.2, -0.15) is 5.10 Å². The molecular weight excluding hydrogens is 384 g/mol. The normalized spacial score (nSPS) is 15.2. The first-order valence-electron chi connectivity index (χ1n) is 11.4. The minimum absolute atomic E-state index is 0.0348. The van der Waals surface area contributed by atoms with Crippen molar-refractivity contribution in [3.05, 3.63) is 71.9 Å². The van der Waals surface area contributed by atoms with Gasteiger partial charge in [0.1, 0.15) is 5.69 Å². The molecule has 0 aliphatic carbocycles. The summed E-state index contributed by atoms with van der Waals surface area (Å²) in [5.74, 6) is -0.0348. The molecule has 2 aromatic carbocycles. The van der Waals surface area contributed by atoms with E-state index in [-0.39, 0.29) is 11.9 Å². The Morgan fingerprint density at radius 2 is 1.77 bits per heavy atom. The fourth-order valence-corrected chi connectivity index (χ4v) is 4.24. The summed E-state index contributed by atoms with van der Waals surface area (Å²) < 4.78 is 1.81. The van der Waals surface area contributed by atoms with E-state index in [0.29, 0.717) is 5.56 Å². The Morgan fingerprint density at radius 3 is 2.48 bits per heavy atom. The van der Waals surface area contributed by atoms with Crippen LogP contribution >= 0.6 is 0 Å². The first kappa shape index (κ1) is 21.3. The lowest BCUT2D eigenvalue weighted by atomic mass is 10.0. The van der Waals surface area contributed by atoms with E-state index in [1.54, 1.807) is 0 Å². The lowest BCUT2D eigenvalue weighted by molar-refractivity contribution is 0.0911. The maximum absolute atomic E-state index is 13.3. The van der Waals surface area contributed by atoms with Crippen LogP contribution in [0, 0.1) is 6.92 Å². The van der Waals surface area contributed by atoms with Crippen molar-refractivity contribution in [2.24, 2.45) is 0 Å². The average molecular weight is 417 g/mol. The van der Waals surface area contributed by atoms with E-state index >= 15 is 0 Å². The molecule has 1 aromatic heterocycles. The van der Waals surface area contributed by atoms with Crippen LogP contribution in [-0.2, 0) is 0 Å². The Labute approximate surface area is 185 Å². The van der Waals surface area contributed by atoms with Gasteiger partial charge in [-0.25, -0.2) is 4.68 Å². The predicted molar refractivity (Wildman–Crippen MR) is 126 cm³/mol. The highest BCUT2D eigenvalue weighted by molar-refractivity contribution is 6.00. The number of rotatable bonds is 7. The smallest absolute Gasteiger partial charge is 0.255 e. The number of benzene rings is 2. The summed E-state index contributed by atoms with van der Waals surface area (Å²) in [6.45, 7) is 7.56. The van der Waals surface area contributed by atoms with E-state index in [2.05, 4.69) is 30.1 Å². The molecule has 3 aromatic rings. The largest absolute Gasteiger partial charge is 0.349 e. The number of likely N-dealkylation sites (tertiary alicyclic amines) is 1. The summed E-state index contributed by atoms with van der Waals surface area (Å²) in [5.41, 5.74) is 4.42. The first-order valence-corrected chi connectivity index (χ1v) is 11.4. The molecule has 2 heterocycles. The van der Waals surface area contributed by atoms with Crippen LogP contribution in [0.15, 0.2) is 60.8 Å². The predicted octanol–water partition coefficient (Wildman–Crippen LogP) is 4.84. The molecule has 1 aliphatic rings. The van der Waals surface area contributed by atoms with Crippen LogP contribution < -0.4 is 5.32 Å². The molecule has 162 valence electrons. The van der Waals surface area contributed by atoms with Gasteiger partial charge in [0.25, 0.3) is 5.91 Å². The molecule has 1 amide bonds. The van der Waals surface area contributed by atoms with Crippen molar-refractivity contribution in [1.29, 1.82) is 0 Å². The lowest BCUT2D eigenvalue weighted by Crippen LogP contribution is -2.44. The van der Waals surface area contributed by atoms with Crippen LogP contribution in [0.5, 0.6) is 0 Å². The number of piperidine rings is 1. The number of aromatic nitrogens is 2. The molecule has 5 heteroatoms. The van der Waals surface area contributed by atoms with Gasteiger partial charge < -0.3 is 10.2 Å². The molecular formula is C26H32N4O. The third kappa shape index (κ3) is 5.05.